The second-order valence-corrected chi connectivity index (χ2v) is 6.28. The molecule has 0 aliphatic heterocycles. The summed E-state index contributed by atoms with van der Waals surface area (Å²) in [6.07, 6.45) is 1.93. The molecule has 0 fully saturated rings. The van der Waals surface area contributed by atoms with E-state index in [1.54, 1.807) is 0 Å². The van der Waals surface area contributed by atoms with Gasteiger partial charge in [-0.3, -0.25) is 4.68 Å². The molecule has 114 valence electrons. The first-order valence-corrected chi connectivity index (χ1v) is 8.35. The maximum absolute atomic E-state index is 4.55. The Morgan fingerprint density at radius 3 is 2.62 bits per heavy atom. The van der Waals surface area contributed by atoms with Crippen molar-refractivity contribution >= 4 is 15.9 Å². The first-order chi connectivity index (χ1) is 10.0. The third-order valence-corrected chi connectivity index (χ3v) is 4.71. The van der Waals surface area contributed by atoms with E-state index in [2.05, 4.69) is 71.4 Å². The van der Waals surface area contributed by atoms with E-state index in [1.807, 2.05) is 11.7 Å². The number of nitrogens with zero attached hydrogens (tertiary/aromatic N) is 2. The molecule has 0 saturated carbocycles. The van der Waals surface area contributed by atoms with E-state index < -0.39 is 0 Å². The fourth-order valence-corrected chi connectivity index (χ4v) is 2.92. The van der Waals surface area contributed by atoms with Crippen LogP contribution in [0.4, 0.5) is 0 Å². The molecule has 0 aliphatic rings. The lowest BCUT2D eigenvalue weighted by molar-refractivity contribution is 0.528. The molecule has 21 heavy (non-hydrogen) atoms. The topological polar surface area (TPSA) is 29.9 Å². The number of hydrogen-bond acceptors (Lipinski definition) is 2. The lowest BCUT2D eigenvalue weighted by Gasteiger charge is -2.19. The Bertz CT molecular complexity index is 604. The number of hydrogen-bond donors (Lipinski definition) is 1. The van der Waals surface area contributed by atoms with Gasteiger partial charge in [0.05, 0.1) is 5.69 Å². The smallest absolute Gasteiger partial charge is 0.0624 e. The number of aromatic nitrogens is 2. The molecular weight excluding hydrogens is 326 g/mol. The summed E-state index contributed by atoms with van der Waals surface area (Å²) in [4.78, 5) is 0. The third kappa shape index (κ3) is 3.95. The molecule has 0 aliphatic carbocycles. The molecule has 1 N–H and O–H groups in total. The molecule has 0 saturated heterocycles. The minimum Gasteiger partial charge on any atom is -0.310 e. The van der Waals surface area contributed by atoms with Crippen molar-refractivity contribution < 1.29 is 0 Å². The fourth-order valence-electron chi connectivity index (χ4n) is 2.52. The van der Waals surface area contributed by atoms with Crippen LogP contribution in [0, 0.1) is 6.92 Å². The molecule has 1 aromatic heterocycles. The van der Waals surface area contributed by atoms with Crippen LogP contribution in [0.1, 0.15) is 42.4 Å². The van der Waals surface area contributed by atoms with Gasteiger partial charge in [0.2, 0.25) is 0 Å². The summed E-state index contributed by atoms with van der Waals surface area (Å²) in [7, 11) is 2.03. The highest BCUT2D eigenvalue weighted by Gasteiger charge is 2.15. The van der Waals surface area contributed by atoms with Crippen LogP contribution in [0.5, 0.6) is 0 Å². The highest BCUT2D eigenvalue weighted by atomic mass is 79.9. The molecular formula is C17H24BrN3. The molecule has 3 nitrogen and oxygen atoms in total. The van der Waals surface area contributed by atoms with Gasteiger partial charge in [-0.25, -0.2) is 0 Å². The largest absolute Gasteiger partial charge is 0.310 e. The van der Waals surface area contributed by atoms with E-state index in [9.17, 15) is 0 Å². The van der Waals surface area contributed by atoms with E-state index in [1.165, 1.54) is 21.3 Å². The van der Waals surface area contributed by atoms with Gasteiger partial charge in [-0.2, -0.15) is 5.10 Å². The summed E-state index contributed by atoms with van der Waals surface area (Å²) in [6, 6.07) is 9.13. The van der Waals surface area contributed by atoms with Gasteiger partial charge in [-0.05, 0) is 43.1 Å². The van der Waals surface area contributed by atoms with Gasteiger partial charge in [-0.1, -0.05) is 41.9 Å². The van der Waals surface area contributed by atoms with Crippen molar-refractivity contribution in [1.29, 1.82) is 0 Å². The molecule has 4 heteroatoms. The Kier molecular flexibility index (Phi) is 5.59. The number of nitrogens with one attached hydrogen (secondary N) is 1. The van der Waals surface area contributed by atoms with Crippen LogP contribution < -0.4 is 5.32 Å². The van der Waals surface area contributed by atoms with Gasteiger partial charge in [0.25, 0.3) is 0 Å². The monoisotopic (exact) mass is 349 g/mol. The predicted molar refractivity (Wildman–Crippen MR) is 91.6 cm³/mol. The molecule has 0 bridgehead atoms. The summed E-state index contributed by atoms with van der Waals surface area (Å²) < 4.78 is 3.18. The van der Waals surface area contributed by atoms with Gasteiger partial charge < -0.3 is 5.32 Å². The van der Waals surface area contributed by atoms with Crippen LogP contribution >= 0.6 is 15.9 Å². The van der Waals surface area contributed by atoms with Crippen molar-refractivity contribution in [1.82, 2.24) is 15.1 Å². The quantitative estimate of drug-likeness (QED) is 0.855. The van der Waals surface area contributed by atoms with E-state index in [0.29, 0.717) is 6.04 Å². The zero-order chi connectivity index (χ0) is 15.4. The Labute approximate surface area is 135 Å². The van der Waals surface area contributed by atoms with Crippen LogP contribution in [-0.2, 0) is 19.9 Å². The second-order valence-electron chi connectivity index (χ2n) is 5.43. The van der Waals surface area contributed by atoms with Crippen LogP contribution in [0.25, 0.3) is 0 Å². The normalized spacial score (nSPS) is 12.6. The number of benzene rings is 1. The maximum atomic E-state index is 4.55. The Morgan fingerprint density at radius 2 is 2.05 bits per heavy atom. The zero-order valence-corrected chi connectivity index (χ0v) is 14.9. The van der Waals surface area contributed by atoms with E-state index in [0.717, 1.165) is 25.1 Å². The van der Waals surface area contributed by atoms with E-state index in [-0.39, 0.29) is 0 Å². The van der Waals surface area contributed by atoms with Crippen LogP contribution in [0.3, 0.4) is 0 Å². The summed E-state index contributed by atoms with van der Waals surface area (Å²) in [5, 5.41) is 8.13. The predicted octanol–water partition coefficient (Wildman–Crippen LogP) is 3.95. The highest BCUT2D eigenvalue weighted by Crippen LogP contribution is 2.24. The van der Waals surface area contributed by atoms with Crippen LogP contribution in [0.15, 0.2) is 28.7 Å². The summed E-state index contributed by atoms with van der Waals surface area (Å²) in [5.74, 6) is 0. The van der Waals surface area contributed by atoms with Crippen LogP contribution in [-0.4, -0.2) is 16.3 Å². The van der Waals surface area contributed by atoms with E-state index in [4.69, 9.17) is 0 Å². The Morgan fingerprint density at radius 1 is 1.29 bits per heavy atom. The first kappa shape index (κ1) is 16.2. The average Bonchev–Trinajstić information content (AvgIpc) is 2.82. The van der Waals surface area contributed by atoms with Gasteiger partial charge in [0.15, 0.2) is 0 Å². The van der Waals surface area contributed by atoms with Crippen molar-refractivity contribution in [3.63, 3.8) is 0 Å². The number of likely N-dealkylation sites (N-methyl/N-ethyl adjacent to an activating group) is 1. The summed E-state index contributed by atoms with van der Waals surface area (Å²) >= 11 is 3.64. The molecule has 0 amide bonds. The molecule has 2 aromatic rings. The Hall–Kier alpha value is -1.13. The van der Waals surface area contributed by atoms with Gasteiger partial charge in [0, 0.05) is 29.7 Å². The molecule has 1 unspecified atom stereocenters. The van der Waals surface area contributed by atoms with E-state index >= 15 is 0 Å². The minimum absolute atomic E-state index is 0.312. The fraction of sp³-hybridized carbons (Fsp3) is 0.471. The summed E-state index contributed by atoms with van der Waals surface area (Å²) in [5.41, 5.74) is 5.01. The number of aryl methyl sites for hydroxylation is 3. The molecule has 0 radical (unpaired) electrons. The zero-order valence-electron chi connectivity index (χ0n) is 13.3. The second kappa shape index (κ2) is 7.23. The van der Waals surface area contributed by atoms with Crippen molar-refractivity contribution in [2.45, 2.75) is 39.7 Å². The van der Waals surface area contributed by atoms with Crippen molar-refractivity contribution in [2.24, 2.45) is 7.05 Å². The first-order valence-electron chi connectivity index (χ1n) is 7.56. The molecule has 1 aromatic carbocycles. The molecule has 1 atom stereocenters. The Balaban J connectivity index is 2.25. The number of rotatable bonds is 6. The van der Waals surface area contributed by atoms with Gasteiger partial charge in [0.1, 0.15) is 0 Å². The van der Waals surface area contributed by atoms with Crippen molar-refractivity contribution in [3.8, 4) is 0 Å². The SMILES string of the molecule is CCNC(Cc1cc(CC)nn1C)c1ccc(C)c(Br)c1. The van der Waals surface area contributed by atoms with Gasteiger partial charge in [-0.15, -0.1) is 0 Å². The molecule has 0 spiro atoms. The lowest BCUT2D eigenvalue weighted by atomic mass is 10.0. The van der Waals surface area contributed by atoms with Crippen LogP contribution in [0.2, 0.25) is 0 Å². The number of halogens is 1. The lowest BCUT2D eigenvalue weighted by Crippen LogP contribution is -2.24. The molecule has 1 heterocycles. The third-order valence-electron chi connectivity index (χ3n) is 3.85. The minimum atomic E-state index is 0.312. The van der Waals surface area contributed by atoms with Crippen molar-refractivity contribution in [3.05, 3.63) is 51.3 Å². The van der Waals surface area contributed by atoms with Gasteiger partial charge >= 0.3 is 0 Å². The molecule has 2 rings (SSSR count). The maximum Gasteiger partial charge on any atom is 0.0624 e. The highest BCUT2D eigenvalue weighted by molar-refractivity contribution is 9.10. The van der Waals surface area contributed by atoms with Crippen molar-refractivity contribution in [2.75, 3.05) is 6.54 Å². The average molecular weight is 350 g/mol. The summed E-state index contributed by atoms with van der Waals surface area (Å²) in [6.45, 7) is 7.36. The standard InChI is InChI=1S/C17H24BrN3/c1-5-14-10-15(21(4)20-14)11-17(19-6-2)13-8-7-12(3)16(18)9-13/h7-10,17,19H,5-6,11H2,1-4H3.